The van der Waals surface area contributed by atoms with E-state index in [2.05, 4.69) is 12.0 Å². The molecule has 2 nitrogen and oxygen atoms in total. The number of nitrogens with two attached hydrogens (primary N) is 1. The van der Waals surface area contributed by atoms with Crippen LogP contribution in [-0.2, 0) is 6.42 Å². The van der Waals surface area contributed by atoms with Gasteiger partial charge in [0.05, 0.1) is 0 Å². The predicted molar refractivity (Wildman–Crippen MR) is 70.3 cm³/mol. The van der Waals surface area contributed by atoms with Crippen LogP contribution in [0.1, 0.15) is 25.3 Å². The zero-order valence-corrected chi connectivity index (χ0v) is 10.4. The molecule has 1 atom stereocenters. The number of halogens is 1. The fraction of sp³-hybridized carbons (Fsp3) is 0.385. The smallest absolute Gasteiger partial charge is 0.0406 e. The zero-order chi connectivity index (χ0) is 12.0. The van der Waals surface area contributed by atoms with E-state index in [4.69, 9.17) is 17.4 Å². The molecule has 0 bridgehead atoms. The molecule has 0 spiro atoms. The SMILES string of the molecule is C=C(C)CCC(Cc1ccc(Cl)cc1)NN. The summed E-state index contributed by atoms with van der Waals surface area (Å²) < 4.78 is 0. The van der Waals surface area contributed by atoms with Crippen molar-refractivity contribution in [2.75, 3.05) is 0 Å². The van der Waals surface area contributed by atoms with Gasteiger partial charge in [0.1, 0.15) is 0 Å². The van der Waals surface area contributed by atoms with E-state index in [9.17, 15) is 0 Å². The fourth-order valence-electron chi connectivity index (χ4n) is 1.57. The van der Waals surface area contributed by atoms with Gasteiger partial charge in [-0.3, -0.25) is 11.3 Å². The minimum atomic E-state index is 0.290. The maximum atomic E-state index is 5.83. The van der Waals surface area contributed by atoms with Crippen molar-refractivity contribution in [1.29, 1.82) is 0 Å². The molecule has 0 aromatic heterocycles. The van der Waals surface area contributed by atoms with Gasteiger partial charge in [-0.05, 0) is 43.9 Å². The number of allylic oxidation sites excluding steroid dienone is 1. The van der Waals surface area contributed by atoms with Crippen LogP contribution in [0.4, 0.5) is 0 Å². The summed E-state index contributed by atoms with van der Waals surface area (Å²) in [6.45, 7) is 5.93. The second-order valence-electron chi connectivity index (χ2n) is 4.19. The molecule has 0 heterocycles. The van der Waals surface area contributed by atoms with Gasteiger partial charge in [0.2, 0.25) is 0 Å². The summed E-state index contributed by atoms with van der Waals surface area (Å²) in [6.07, 6.45) is 2.93. The zero-order valence-electron chi connectivity index (χ0n) is 9.67. The second kappa shape index (κ2) is 6.69. The highest BCUT2D eigenvalue weighted by atomic mass is 35.5. The van der Waals surface area contributed by atoms with Gasteiger partial charge in [0.25, 0.3) is 0 Å². The summed E-state index contributed by atoms with van der Waals surface area (Å²) in [5, 5.41) is 0.767. The van der Waals surface area contributed by atoms with Crippen LogP contribution in [-0.4, -0.2) is 6.04 Å². The molecule has 1 unspecified atom stereocenters. The maximum Gasteiger partial charge on any atom is 0.0406 e. The number of benzene rings is 1. The molecular formula is C13H19ClN2. The van der Waals surface area contributed by atoms with E-state index in [1.54, 1.807) is 0 Å². The highest BCUT2D eigenvalue weighted by Crippen LogP contribution is 2.13. The van der Waals surface area contributed by atoms with E-state index in [0.29, 0.717) is 0 Å². The maximum absolute atomic E-state index is 5.83. The van der Waals surface area contributed by atoms with Crippen LogP contribution >= 0.6 is 11.6 Å². The minimum Gasteiger partial charge on any atom is -0.271 e. The van der Waals surface area contributed by atoms with E-state index in [-0.39, 0.29) is 6.04 Å². The molecule has 16 heavy (non-hydrogen) atoms. The van der Waals surface area contributed by atoms with E-state index >= 15 is 0 Å². The number of hydrogen-bond donors (Lipinski definition) is 2. The van der Waals surface area contributed by atoms with Gasteiger partial charge in [-0.2, -0.15) is 0 Å². The molecule has 0 aliphatic rings. The van der Waals surface area contributed by atoms with Gasteiger partial charge < -0.3 is 0 Å². The van der Waals surface area contributed by atoms with Crippen molar-refractivity contribution in [3.05, 3.63) is 47.0 Å². The van der Waals surface area contributed by atoms with Crippen molar-refractivity contribution < 1.29 is 0 Å². The summed E-state index contributed by atoms with van der Waals surface area (Å²) in [6, 6.07) is 8.17. The van der Waals surface area contributed by atoms with Crippen molar-refractivity contribution in [2.45, 2.75) is 32.2 Å². The number of nitrogens with one attached hydrogen (secondary N) is 1. The average molecular weight is 239 g/mol. The van der Waals surface area contributed by atoms with E-state index < -0.39 is 0 Å². The lowest BCUT2D eigenvalue weighted by Crippen LogP contribution is -2.36. The van der Waals surface area contributed by atoms with Crippen LogP contribution in [0.2, 0.25) is 5.02 Å². The molecule has 1 rings (SSSR count). The van der Waals surface area contributed by atoms with Crippen LogP contribution in [0.3, 0.4) is 0 Å². The predicted octanol–water partition coefficient (Wildman–Crippen LogP) is 3.07. The van der Waals surface area contributed by atoms with E-state index in [1.165, 1.54) is 11.1 Å². The first-order valence-corrected chi connectivity index (χ1v) is 5.84. The Hall–Kier alpha value is -0.830. The Balaban J connectivity index is 2.49. The van der Waals surface area contributed by atoms with Crippen molar-refractivity contribution in [3.63, 3.8) is 0 Å². The summed E-state index contributed by atoms with van der Waals surface area (Å²) in [5.41, 5.74) is 5.28. The highest BCUT2D eigenvalue weighted by Gasteiger charge is 2.07. The standard InChI is InChI=1S/C13H19ClN2/c1-10(2)3-8-13(16-15)9-11-4-6-12(14)7-5-11/h4-7,13,16H,1,3,8-9,15H2,2H3. The molecule has 0 saturated heterocycles. The van der Waals surface area contributed by atoms with Gasteiger partial charge in [-0.25, -0.2) is 0 Å². The number of rotatable bonds is 6. The molecule has 0 saturated carbocycles. The Morgan fingerprint density at radius 2 is 2.06 bits per heavy atom. The lowest BCUT2D eigenvalue weighted by Gasteiger charge is -2.15. The molecule has 0 aliphatic carbocycles. The van der Waals surface area contributed by atoms with Gasteiger partial charge in [0, 0.05) is 11.1 Å². The van der Waals surface area contributed by atoms with Crippen LogP contribution in [0.5, 0.6) is 0 Å². The Kier molecular flexibility index (Phi) is 5.53. The summed E-state index contributed by atoms with van der Waals surface area (Å²) in [5.74, 6) is 5.53. The first-order chi connectivity index (χ1) is 7.61. The number of hydrazine groups is 1. The van der Waals surface area contributed by atoms with Gasteiger partial charge in [0.15, 0.2) is 0 Å². The molecule has 88 valence electrons. The van der Waals surface area contributed by atoms with Crippen LogP contribution in [0.25, 0.3) is 0 Å². The van der Waals surface area contributed by atoms with Crippen molar-refractivity contribution in [2.24, 2.45) is 5.84 Å². The summed E-state index contributed by atoms with van der Waals surface area (Å²) in [4.78, 5) is 0. The Labute approximate surface area is 102 Å². The normalized spacial score (nSPS) is 12.4. The molecule has 3 N–H and O–H groups in total. The third kappa shape index (κ3) is 4.79. The fourth-order valence-corrected chi connectivity index (χ4v) is 1.70. The first-order valence-electron chi connectivity index (χ1n) is 5.46. The van der Waals surface area contributed by atoms with Crippen LogP contribution in [0, 0.1) is 0 Å². The highest BCUT2D eigenvalue weighted by molar-refractivity contribution is 6.30. The third-order valence-corrected chi connectivity index (χ3v) is 2.80. The quantitative estimate of drug-likeness (QED) is 0.454. The van der Waals surface area contributed by atoms with Crippen molar-refractivity contribution in [3.8, 4) is 0 Å². The average Bonchev–Trinajstić information content (AvgIpc) is 2.26. The lowest BCUT2D eigenvalue weighted by atomic mass is 10.0. The van der Waals surface area contributed by atoms with Crippen LogP contribution in [0.15, 0.2) is 36.4 Å². The van der Waals surface area contributed by atoms with Gasteiger partial charge >= 0.3 is 0 Å². The molecule has 3 heteroatoms. The Morgan fingerprint density at radius 3 is 2.56 bits per heavy atom. The van der Waals surface area contributed by atoms with E-state index in [1.807, 2.05) is 31.2 Å². The monoisotopic (exact) mass is 238 g/mol. The summed E-state index contributed by atoms with van der Waals surface area (Å²) in [7, 11) is 0. The van der Waals surface area contributed by atoms with Crippen molar-refractivity contribution >= 4 is 11.6 Å². The number of hydrogen-bond acceptors (Lipinski definition) is 2. The van der Waals surface area contributed by atoms with Crippen LogP contribution < -0.4 is 11.3 Å². The molecule has 0 fully saturated rings. The van der Waals surface area contributed by atoms with Gasteiger partial charge in [-0.15, -0.1) is 6.58 Å². The second-order valence-corrected chi connectivity index (χ2v) is 4.63. The Bertz CT molecular complexity index is 332. The molecule has 0 amide bonds. The molecular weight excluding hydrogens is 220 g/mol. The molecule has 0 aliphatic heterocycles. The molecule has 1 aromatic carbocycles. The van der Waals surface area contributed by atoms with Gasteiger partial charge in [-0.1, -0.05) is 29.3 Å². The first kappa shape index (κ1) is 13.2. The molecule has 1 aromatic rings. The Morgan fingerprint density at radius 1 is 1.44 bits per heavy atom. The molecule has 0 radical (unpaired) electrons. The van der Waals surface area contributed by atoms with Crippen molar-refractivity contribution in [1.82, 2.24) is 5.43 Å². The largest absolute Gasteiger partial charge is 0.271 e. The lowest BCUT2D eigenvalue weighted by molar-refractivity contribution is 0.491. The minimum absolute atomic E-state index is 0.290. The van der Waals surface area contributed by atoms with E-state index in [0.717, 1.165) is 24.3 Å². The topological polar surface area (TPSA) is 38.0 Å². The summed E-state index contributed by atoms with van der Waals surface area (Å²) >= 11 is 5.83. The third-order valence-electron chi connectivity index (χ3n) is 2.55.